The molecule has 0 amide bonds. The van der Waals surface area contributed by atoms with Gasteiger partial charge in [0.25, 0.3) is 0 Å². The van der Waals surface area contributed by atoms with Gasteiger partial charge in [-0.3, -0.25) is 4.90 Å². The first-order valence-corrected chi connectivity index (χ1v) is 11.1. The molecule has 28 heavy (non-hydrogen) atoms. The van der Waals surface area contributed by atoms with E-state index in [9.17, 15) is 8.42 Å². The molecule has 3 rings (SSSR count). The second kappa shape index (κ2) is 9.29. The van der Waals surface area contributed by atoms with E-state index in [1.165, 1.54) is 23.5 Å². The Morgan fingerprint density at radius 3 is 2.36 bits per heavy atom. The summed E-state index contributed by atoms with van der Waals surface area (Å²) in [5, 5.41) is 0.324. The van der Waals surface area contributed by atoms with E-state index in [2.05, 4.69) is 17.1 Å². The normalized spacial score (nSPS) is 16.5. The van der Waals surface area contributed by atoms with Crippen molar-refractivity contribution in [3.8, 4) is 5.75 Å². The lowest BCUT2D eigenvalue weighted by molar-refractivity contribution is 0.204. The zero-order valence-corrected chi connectivity index (χ0v) is 17.8. The predicted octanol–water partition coefficient (Wildman–Crippen LogP) is 4.02. The summed E-state index contributed by atoms with van der Waals surface area (Å²) in [4.78, 5) is 2.23. The van der Waals surface area contributed by atoms with Crippen LogP contribution < -0.4 is 4.74 Å². The van der Waals surface area contributed by atoms with E-state index >= 15 is 0 Å². The highest BCUT2D eigenvalue weighted by Crippen LogP contribution is 2.34. The lowest BCUT2D eigenvalue weighted by atomic mass is 10.2. The van der Waals surface area contributed by atoms with Crippen molar-refractivity contribution in [3.63, 3.8) is 0 Å². The topological polar surface area (TPSA) is 49.9 Å². The Kier molecular flexibility index (Phi) is 7.01. The van der Waals surface area contributed by atoms with Gasteiger partial charge in [0, 0.05) is 38.8 Å². The predicted molar refractivity (Wildman–Crippen MR) is 114 cm³/mol. The van der Waals surface area contributed by atoms with Crippen LogP contribution in [-0.4, -0.2) is 57.5 Å². The van der Waals surface area contributed by atoms with Crippen molar-refractivity contribution in [2.75, 3.05) is 39.8 Å². The van der Waals surface area contributed by atoms with Crippen LogP contribution in [0, 0.1) is 0 Å². The summed E-state index contributed by atoms with van der Waals surface area (Å²) in [5.41, 5.74) is 1.15. The van der Waals surface area contributed by atoms with E-state index < -0.39 is 10.0 Å². The number of piperazine rings is 1. The van der Waals surface area contributed by atoms with Crippen LogP contribution in [0.4, 0.5) is 0 Å². The number of methoxy groups -OCH3 is 1. The Bertz CT molecular complexity index is 941. The molecule has 1 heterocycles. The van der Waals surface area contributed by atoms with Crippen molar-refractivity contribution in [1.29, 1.82) is 0 Å². The molecule has 0 N–H and O–H groups in total. The summed E-state index contributed by atoms with van der Waals surface area (Å²) < 4.78 is 32.5. The molecule has 0 spiro atoms. The molecular weight excluding hydrogens is 419 g/mol. The second-order valence-corrected chi connectivity index (χ2v) is 9.16. The molecule has 0 bridgehead atoms. The number of hydrogen-bond donors (Lipinski definition) is 0. The summed E-state index contributed by atoms with van der Waals surface area (Å²) in [7, 11) is -2.25. The van der Waals surface area contributed by atoms with E-state index in [4.69, 9.17) is 27.9 Å². The summed E-state index contributed by atoms with van der Waals surface area (Å²) in [5.74, 6) is 0.348. The standard InChI is InChI=1S/C20H22Cl2N2O3S/c1-27-19-14-18(22)20(15-17(19)21)28(25,26)24-12-10-23(11-13-24)9-5-8-16-6-3-2-4-7-16/h2-8,14-15H,9-13H2,1H3. The van der Waals surface area contributed by atoms with Gasteiger partial charge in [0.15, 0.2) is 0 Å². The average Bonchev–Trinajstić information content (AvgIpc) is 2.70. The molecule has 1 aliphatic heterocycles. The van der Waals surface area contributed by atoms with E-state index in [-0.39, 0.29) is 14.9 Å². The van der Waals surface area contributed by atoms with Gasteiger partial charge in [-0.15, -0.1) is 0 Å². The summed E-state index contributed by atoms with van der Waals surface area (Å²) >= 11 is 12.3. The molecule has 0 atom stereocenters. The van der Waals surface area contributed by atoms with Gasteiger partial charge in [-0.1, -0.05) is 65.7 Å². The summed E-state index contributed by atoms with van der Waals surface area (Å²) in [6.45, 7) is 2.89. The van der Waals surface area contributed by atoms with E-state index in [1.807, 2.05) is 30.3 Å². The van der Waals surface area contributed by atoms with Gasteiger partial charge in [-0.2, -0.15) is 4.31 Å². The van der Waals surface area contributed by atoms with Crippen LogP contribution in [0.3, 0.4) is 0 Å². The fourth-order valence-electron chi connectivity index (χ4n) is 3.06. The molecule has 1 aliphatic rings. The molecule has 1 fully saturated rings. The SMILES string of the molecule is COc1cc(Cl)c(S(=O)(=O)N2CCN(CC=Cc3ccccc3)CC2)cc1Cl. The minimum atomic E-state index is -3.71. The molecule has 150 valence electrons. The third kappa shape index (κ3) is 4.88. The Balaban J connectivity index is 1.62. The van der Waals surface area contributed by atoms with Crippen molar-refractivity contribution in [1.82, 2.24) is 9.21 Å². The molecule has 0 aliphatic carbocycles. The minimum Gasteiger partial charge on any atom is -0.495 e. The lowest BCUT2D eigenvalue weighted by Crippen LogP contribution is -2.48. The first kappa shape index (κ1) is 21.1. The van der Waals surface area contributed by atoms with Crippen LogP contribution >= 0.6 is 23.2 Å². The number of hydrogen-bond acceptors (Lipinski definition) is 4. The maximum atomic E-state index is 13.0. The minimum absolute atomic E-state index is 0.0115. The molecule has 2 aromatic rings. The largest absolute Gasteiger partial charge is 0.495 e. The van der Waals surface area contributed by atoms with Crippen molar-refractivity contribution in [2.24, 2.45) is 0 Å². The number of rotatable bonds is 6. The Morgan fingerprint density at radius 1 is 1.04 bits per heavy atom. The number of halogens is 2. The van der Waals surface area contributed by atoms with Crippen LogP contribution in [0.2, 0.25) is 10.0 Å². The molecule has 0 aromatic heterocycles. The Morgan fingerprint density at radius 2 is 1.71 bits per heavy atom. The van der Waals surface area contributed by atoms with Crippen molar-refractivity contribution in [2.45, 2.75) is 4.90 Å². The van der Waals surface area contributed by atoms with Gasteiger partial charge >= 0.3 is 0 Å². The summed E-state index contributed by atoms with van der Waals surface area (Å²) in [6.07, 6.45) is 4.17. The Labute approximate surface area is 176 Å². The van der Waals surface area contributed by atoms with E-state index in [0.29, 0.717) is 31.9 Å². The van der Waals surface area contributed by atoms with Gasteiger partial charge in [0.05, 0.1) is 17.2 Å². The molecule has 0 saturated carbocycles. The van der Waals surface area contributed by atoms with Gasteiger partial charge in [0.2, 0.25) is 10.0 Å². The third-order valence-electron chi connectivity index (χ3n) is 4.63. The number of sulfonamides is 1. The van der Waals surface area contributed by atoms with Crippen LogP contribution in [-0.2, 0) is 10.0 Å². The van der Waals surface area contributed by atoms with E-state index in [0.717, 1.165) is 12.1 Å². The third-order valence-corrected chi connectivity index (χ3v) is 7.29. The fourth-order valence-corrected chi connectivity index (χ4v) is 5.30. The molecule has 5 nitrogen and oxygen atoms in total. The first-order chi connectivity index (χ1) is 13.4. The van der Waals surface area contributed by atoms with Crippen molar-refractivity contribution < 1.29 is 13.2 Å². The zero-order valence-electron chi connectivity index (χ0n) is 15.5. The monoisotopic (exact) mass is 440 g/mol. The molecule has 0 radical (unpaired) electrons. The number of nitrogens with zero attached hydrogens (tertiary/aromatic N) is 2. The quantitative estimate of drug-likeness (QED) is 0.680. The smallest absolute Gasteiger partial charge is 0.244 e. The highest BCUT2D eigenvalue weighted by Gasteiger charge is 2.30. The average molecular weight is 441 g/mol. The van der Waals surface area contributed by atoms with Gasteiger partial charge < -0.3 is 4.74 Å². The lowest BCUT2D eigenvalue weighted by Gasteiger charge is -2.33. The Hall–Kier alpha value is -1.57. The molecule has 2 aromatic carbocycles. The van der Waals surface area contributed by atoms with Crippen LogP contribution in [0.5, 0.6) is 5.75 Å². The van der Waals surface area contributed by atoms with E-state index in [1.54, 1.807) is 0 Å². The highest BCUT2D eigenvalue weighted by molar-refractivity contribution is 7.89. The molecular formula is C20H22Cl2N2O3S. The second-order valence-electron chi connectivity index (χ2n) is 6.43. The number of benzene rings is 2. The maximum Gasteiger partial charge on any atom is 0.244 e. The fraction of sp³-hybridized carbons (Fsp3) is 0.300. The van der Waals surface area contributed by atoms with Gasteiger partial charge in [0.1, 0.15) is 10.6 Å². The highest BCUT2D eigenvalue weighted by atomic mass is 35.5. The van der Waals surface area contributed by atoms with Gasteiger partial charge in [-0.25, -0.2) is 8.42 Å². The maximum absolute atomic E-state index is 13.0. The van der Waals surface area contributed by atoms with Crippen LogP contribution in [0.15, 0.2) is 53.4 Å². The number of ether oxygens (including phenoxy) is 1. The summed E-state index contributed by atoms with van der Waals surface area (Å²) in [6, 6.07) is 12.9. The molecule has 0 unspecified atom stereocenters. The zero-order chi connectivity index (χ0) is 20.1. The van der Waals surface area contributed by atoms with Gasteiger partial charge in [-0.05, 0) is 11.6 Å². The molecule has 1 saturated heterocycles. The molecule has 8 heteroatoms. The van der Waals surface area contributed by atoms with Crippen LogP contribution in [0.25, 0.3) is 6.08 Å². The van der Waals surface area contributed by atoms with Crippen LogP contribution in [0.1, 0.15) is 5.56 Å². The first-order valence-electron chi connectivity index (χ1n) is 8.89. The van der Waals surface area contributed by atoms with Crippen molar-refractivity contribution >= 4 is 39.3 Å². The van der Waals surface area contributed by atoms with Crippen molar-refractivity contribution in [3.05, 3.63) is 64.1 Å².